The monoisotopic (exact) mass is 355 g/mol. The molecule has 2 heterocycles. The average Bonchev–Trinajstić information content (AvgIpc) is 2.95. The van der Waals surface area contributed by atoms with Crippen LogP contribution in [0, 0.1) is 0 Å². The molecule has 138 valence electrons. The molecule has 1 aliphatic heterocycles. The van der Waals surface area contributed by atoms with Crippen LogP contribution in [0.2, 0.25) is 0 Å². The van der Waals surface area contributed by atoms with Crippen LogP contribution in [0.4, 0.5) is 11.8 Å². The van der Waals surface area contributed by atoms with Crippen molar-refractivity contribution in [1.82, 2.24) is 15.3 Å². The number of anilines is 2. The summed E-state index contributed by atoms with van der Waals surface area (Å²) in [5.74, 6) is 1.24. The zero-order valence-corrected chi connectivity index (χ0v) is 15.1. The van der Waals surface area contributed by atoms with Gasteiger partial charge < -0.3 is 20.7 Å². The third-order valence-corrected chi connectivity index (χ3v) is 4.57. The van der Waals surface area contributed by atoms with E-state index in [1.807, 2.05) is 24.3 Å². The Labute approximate surface area is 153 Å². The molecule has 1 amide bonds. The molecule has 1 aliphatic rings. The molecule has 2 aromatic rings. The number of benzene rings is 1. The Morgan fingerprint density at radius 3 is 2.65 bits per heavy atom. The van der Waals surface area contributed by atoms with Crippen molar-refractivity contribution in [3.05, 3.63) is 41.6 Å². The molecule has 7 heteroatoms. The molecule has 0 aliphatic carbocycles. The average molecular weight is 355 g/mol. The number of nitrogen functional groups attached to an aromatic ring is 1. The molecule has 1 saturated heterocycles. The number of rotatable bonds is 5. The Morgan fingerprint density at radius 2 is 1.96 bits per heavy atom. The number of methoxy groups -OCH3 is 1. The first kappa shape index (κ1) is 18.0. The first-order chi connectivity index (χ1) is 12.7. The third-order valence-electron chi connectivity index (χ3n) is 4.57. The Kier molecular flexibility index (Phi) is 5.88. The van der Waals surface area contributed by atoms with Gasteiger partial charge in [0.2, 0.25) is 5.95 Å². The Bertz CT molecular complexity index is 757. The topological polar surface area (TPSA) is 93.4 Å². The highest BCUT2D eigenvalue weighted by atomic mass is 16.5. The number of aromatic nitrogens is 2. The Balaban J connectivity index is 1.67. The molecule has 0 radical (unpaired) electrons. The molecule has 1 aromatic carbocycles. The number of carbonyl (C=O) groups excluding carboxylic acids is 1. The molecule has 1 fully saturated rings. The number of hydrogen-bond acceptors (Lipinski definition) is 6. The number of nitrogens with two attached hydrogens (primary N) is 1. The first-order valence-corrected chi connectivity index (χ1v) is 8.96. The van der Waals surface area contributed by atoms with Crippen molar-refractivity contribution < 1.29 is 9.53 Å². The van der Waals surface area contributed by atoms with Crippen LogP contribution in [0.5, 0.6) is 5.75 Å². The van der Waals surface area contributed by atoms with E-state index < -0.39 is 0 Å². The van der Waals surface area contributed by atoms with E-state index in [4.69, 9.17) is 10.5 Å². The molecule has 0 atom stereocenters. The second-order valence-corrected chi connectivity index (χ2v) is 6.36. The number of amides is 1. The molecule has 0 unspecified atom stereocenters. The second kappa shape index (κ2) is 8.51. The van der Waals surface area contributed by atoms with E-state index in [0.29, 0.717) is 18.1 Å². The standard InChI is InChI=1S/C19H25N5O2/c1-26-16-9-5-4-8-14(16)12-21-18(25)15-13-22-19(23-17(15)20)24-10-6-2-3-7-11-24/h4-5,8-9,13H,2-3,6-7,10-12H2,1H3,(H,21,25)(H2,20,22,23). The smallest absolute Gasteiger partial charge is 0.256 e. The number of carbonyl (C=O) groups is 1. The van der Waals surface area contributed by atoms with Gasteiger partial charge in [-0.3, -0.25) is 4.79 Å². The highest BCUT2D eigenvalue weighted by Gasteiger charge is 2.17. The molecule has 0 bridgehead atoms. The van der Waals surface area contributed by atoms with E-state index in [1.54, 1.807) is 7.11 Å². The quantitative estimate of drug-likeness (QED) is 0.855. The predicted molar refractivity (Wildman–Crippen MR) is 101 cm³/mol. The fourth-order valence-corrected chi connectivity index (χ4v) is 3.10. The maximum atomic E-state index is 12.5. The lowest BCUT2D eigenvalue weighted by Gasteiger charge is -2.20. The molecule has 3 rings (SSSR count). The Morgan fingerprint density at radius 1 is 1.23 bits per heavy atom. The first-order valence-electron chi connectivity index (χ1n) is 8.96. The molecule has 26 heavy (non-hydrogen) atoms. The fourth-order valence-electron chi connectivity index (χ4n) is 3.10. The van der Waals surface area contributed by atoms with E-state index in [9.17, 15) is 4.79 Å². The van der Waals surface area contributed by atoms with E-state index in [0.717, 1.165) is 37.2 Å². The molecule has 3 N–H and O–H groups in total. The number of para-hydroxylation sites is 1. The van der Waals surface area contributed by atoms with Crippen LogP contribution in [-0.2, 0) is 6.54 Å². The van der Waals surface area contributed by atoms with Crippen molar-refractivity contribution in [2.75, 3.05) is 30.8 Å². The summed E-state index contributed by atoms with van der Waals surface area (Å²) in [5.41, 5.74) is 7.21. The van der Waals surface area contributed by atoms with Crippen LogP contribution < -0.4 is 20.7 Å². The second-order valence-electron chi connectivity index (χ2n) is 6.36. The highest BCUT2D eigenvalue weighted by Crippen LogP contribution is 2.19. The van der Waals surface area contributed by atoms with Gasteiger partial charge in [-0.15, -0.1) is 0 Å². The largest absolute Gasteiger partial charge is 0.496 e. The molecule has 1 aromatic heterocycles. The van der Waals surface area contributed by atoms with Crippen LogP contribution in [-0.4, -0.2) is 36.1 Å². The Hall–Kier alpha value is -2.83. The van der Waals surface area contributed by atoms with E-state index in [1.165, 1.54) is 19.0 Å². The number of ether oxygens (including phenoxy) is 1. The van der Waals surface area contributed by atoms with Gasteiger partial charge in [-0.05, 0) is 18.9 Å². The van der Waals surface area contributed by atoms with Crippen LogP contribution in [0.15, 0.2) is 30.5 Å². The van der Waals surface area contributed by atoms with Gasteiger partial charge in [-0.2, -0.15) is 4.98 Å². The maximum absolute atomic E-state index is 12.5. The van der Waals surface area contributed by atoms with Gasteiger partial charge in [0.15, 0.2) is 0 Å². The summed E-state index contributed by atoms with van der Waals surface area (Å²) >= 11 is 0. The van der Waals surface area contributed by atoms with Crippen molar-refractivity contribution >= 4 is 17.7 Å². The zero-order valence-electron chi connectivity index (χ0n) is 15.1. The van der Waals surface area contributed by atoms with Gasteiger partial charge in [-0.1, -0.05) is 31.0 Å². The number of nitrogens with one attached hydrogen (secondary N) is 1. The van der Waals surface area contributed by atoms with Gasteiger partial charge in [0, 0.05) is 31.4 Å². The summed E-state index contributed by atoms with van der Waals surface area (Å²) in [5, 5.41) is 2.85. The minimum atomic E-state index is -0.296. The maximum Gasteiger partial charge on any atom is 0.256 e. The van der Waals surface area contributed by atoms with E-state index in [2.05, 4.69) is 20.2 Å². The highest BCUT2D eigenvalue weighted by molar-refractivity contribution is 5.98. The normalized spacial score (nSPS) is 14.6. The lowest BCUT2D eigenvalue weighted by molar-refractivity contribution is 0.0951. The molecule has 0 spiro atoms. The lowest BCUT2D eigenvalue weighted by Crippen LogP contribution is -2.28. The molecule has 0 saturated carbocycles. The fraction of sp³-hybridized carbons (Fsp3) is 0.421. The van der Waals surface area contributed by atoms with E-state index >= 15 is 0 Å². The number of hydrogen-bond donors (Lipinski definition) is 2. The van der Waals surface area contributed by atoms with Crippen molar-refractivity contribution in [2.45, 2.75) is 32.2 Å². The summed E-state index contributed by atoms with van der Waals surface area (Å²) < 4.78 is 5.29. The van der Waals surface area contributed by atoms with E-state index in [-0.39, 0.29) is 11.7 Å². The van der Waals surface area contributed by atoms with Gasteiger partial charge in [0.1, 0.15) is 11.6 Å². The summed E-state index contributed by atoms with van der Waals surface area (Å²) in [4.78, 5) is 23.3. The minimum Gasteiger partial charge on any atom is -0.496 e. The zero-order chi connectivity index (χ0) is 18.4. The van der Waals surface area contributed by atoms with Gasteiger partial charge >= 0.3 is 0 Å². The molecule has 7 nitrogen and oxygen atoms in total. The lowest BCUT2D eigenvalue weighted by atomic mass is 10.2. The minimum absolute atomic E-state index is 0.205. The molecular formula is C19H25N5O2. The van der Waals surface area contributed by atoms with Gasteiger partial charge in [0.05, 0.1) is 12.7 Å². The van der Waals surface area contributed by atoms with Crippen molar-refractivity contribution in [2.24, 2.45) is 0 Å². The summed E-state index contributed by atoms with van der Waals surface area (Å²) in [6.07, 6.45) is 6.24. The van der Waals surface area contributed by atoms with Crippen LogP contribution in [0.25, 0.3) is 0 Å². The van der Waals surface area contributed by atoms with Crippen LogP contribution in [0.3, 0.4) is 0 Å². The van der Waals surface area contributed by atoms with Crippen LogP contribution in [0.1, 0.15) is 41.6 Å². The predicted octanol–water partition coefficient (Wildman–Crippen LogP) is 2.38. The van der Waals surface area contributed by atoms with Gasteiger partial charge in [-0.25, -0.2) is 4.98 Å². The summed E-state index contributed by atoms with van der Waals surface area (Å²) in [6, 6.07) is 7.55. The SMILES string of the molecule is COc1ccccc1CNC(=O)c1cnc(N2CCCCCC2)nc1N. The van der Waals surface area contributed by atoms with Crippen LogP contribution >= 0.6 is 0 Å². The summed E-state index contributed by atoms with van der Waals surface area (Å²) in [6.45, 7) is 2.20. The number of nitrogens with zero attached hydrogens (tertiary/aromatic N) is 3. The third kappa shape index (κ3) is 4.22. The molecular weight excluding hydrogens is 330 g/mol. The van der Waals surface area contributed by atoms with Crippen molar-refractivity contribution in [1.29, 1.82) is 0 Å². The van der Waals surface area contributed by atoms with Gasteiger partial charge in [0.25, 0.3) is 5.91 Å². The van der Waals surface area contributed by atoms with Crippen molar-refractivity contribution in [3.8, 4) is 5.75 Å². The van der Waals surface area contributed by atoms with Crippen molar-refractivity contribution in [3.63, 3.8) is 0 Å². The summed E-state index contributed by atoms with van der Waals surface area (Å²) in [7, 11) is 1.61.